The summed E-state index contributed by atoms with van der Waals surface area (Å²) < 4.78 is 15.3. The van der Waals surface area contributed by atoms with E-state index in [1.54, 1.807) is 6.07 Å². The van der Waals surface area contributed by atoms with Crippen LogP contribution < -0.4 is 4.74 Å². The summed E-state index contributed by atoms with van der Waals surface area (Å²) in [4.78, 5) is 22.8. The molecule has 0 amide bonds. The average Bonchev–Trinajstić information content (AvgIpc) is 2.80. The zero-order valence-electron chi connectivity index (χ0n) is 18.7. The van der Waals surface area contributed by atoms with Crippen molar-refractivity contribution in [3.8, 4) is 22.6 Å². The van der Waals surface area contributed by atoms with Crippen molar-refractivity contribution < 1.29 is 28.9 Å². The number of hydrogen-bond donors (Lipinski definition) is 1. The predicted octanol–water partition coefficient (Wildman–Crippen LogP) is 5.06. The number of hydrogen-bond acceptors (Lipinski definition) is 6. The number of phenols is 1. The molecular formula is C25H31ClO6. The molecule has 0 radical (unpaired) electrons. The Balaban J connectivity index is 2.27. The van der Waals surface area contributed by atoms with Gasteiger partial charge < -0.3 is 19.3 Å². The van der Waals surface area contributed by atoms with Crippen molar-refractivity contribution in [1.29, 1.82) is 0 Å². The molecule has 0 aromatic heterocycles. The number of carbonyl (C=O) groups is 2. The number of methoxy groups -OCH3 is 2. The van der Waals surface area contributed by atoms with Gasteiger partial charge in [-0.1, -0.05) is 12.1 Å². The van der Waals surface area contributed by atoms with Gasteiger partial charge >= 0.3 is 11.9 Å². The zero-order chi connectivity index (χ0) is 23.3. The number of aromatic hydroxyl groups is 1. The summed E-state index contributed by atoms with van der Waals surface area (Å²) in [5.41, 5.74) is 3.48. The van der Waals surface area contributed by atoms with E-state index in [0.29, 0.717) is 68.7 Å². The molecule has 2 aromatic rings. The molecular weight excluding hydrogens is 432 g/mol. The summed E-state index contributed by atoms with van der Waals surface area (Å²) in [6.45, 7) is 0.470. The molecule has 2 rings (SSSR count). The Morgan fingerprint density at radius 2 is 1.41 bits per heavy atom. The van der Waals surface area contributed by atoms with Crippen molar-refractivity contribution in [2.75, 3.05) is 26.7 Å². The van der Waals surface area contributed by atoms with Crippen LogP contribution in [-0.2, 0) is 31.9 Å². The highest BCUT2D eigenvalue weighted by Gasteiger charge is 2.14. The van der Waals surface area contributed by atoms with Crippen LogP contribution in [0, 0.1) is 0 Å². The molecule has 7 heteroatoms. The van der Waals surface area contributed by atoms with Crippen LogP contribution in [0.4, 0.5) is 0 Å². The predicted molar refractivity (Wildman–Crippen MR) is 124 cm³/mol. The summed E-state index contributed by atoms with van der Waals surface area (Å²) in [5.74, 6) is 0.841. The van der Waals surface area contributed by atoms with Crippen LogP contribution in [-0.4, -0.2) is 43.8 Å². The fourth-order valence-corrected chi connectivity index (χ4v) is 3.45. The lowest BCUT2D eigenvalue weighted by Crippen LogP contribution is -2.02. The van der Waals surface area contributed by atoms with Gasteiger partial charge in [0.15, 0.2) is 0 Å². The number of phenolic OH excluding ortho intramolecular Hbond substituents is 1. The van der Waals surface area contributed by atoms with E-state index in [4.69, 9.17) is 25.8 Å². The molecule has 0 aliphatic heterocycles. The maximum Gasteiger partial charge on any atom is 0.305 e. The molecule has 0 aliphatic carbocycles. The molecule has 0 spiro atoms. The van der Waals surface area contributed by atoms with E-state index < -0.39 is 0 Å². The van der Waals surface area contributed by atoms with Crippen LogP contribution in [0.25, 0.3) is 11.1 Å². The van der Waals surface area contributed by atoms with Crippen molar-refractivity contribution >= 4 is 23.5 Å². The first-order chi connectivity index (χ1) is 15.5. The van der Waals surface area contributed by atoms with Gasteiger partial charge in [0.1, 0.15) is 11.5 Å². The molecule has 0 aliphatic rings. The Morgan fingerprint density at radius 1 is 0.844 bits per heavy atom. The minimum Gasteiger partial charge on any atom is -0.507 e. The summed E-state index contributed by atoms with van der Waals surface area (Å²) in [7, 11) is 2.76. The Hall–Kier alpha value is -2.73. The van der Waals surface area contributed by atoms with Crippen LogP contribution in [0.3, 0.4) is 0 Å². The summed E-state index contributed by atoms with van der Waals surface area (Å²) in [5, 5.41) is 10.6. The van der Waals surface area contributed by atoms with Gasteiger partial charge in [0.25, 0.3) is 0 Å². The van der Waals surface area contributed by atoms with Crippen LogP contribution in [0.15, 0.2) is 36.4 Å². The summed E-state index contributed by atoms with van der Waals surface area (Å²) >= 11 is 5.78. The van der Waals surface area contributed by atoms with Crippen molar-refractivity contribution in [1.82, 2.24) is 0 Å². The lowest BCUT2D eigenvalue weighted by Gasteiger charge is -2.15. The molecule has 0 saturated carbocycles. The molecule has 0 bridgehead atoms. The molecule has 1 N–H and O–H groups in total. The van der Waals surface area contributed by atoms with Crippen LogP contribution in [0.5, 0.6) is 11.5 Å². The fourth-order valence-electron chi connectivity index (χ4n) is 3.34. The van der Waals surface area contributed by atoms with Gasteiger partial charge in [0, 0.05) is 29.8 Å². The molecule has 6 nitrogen and oxygen atoms in total. The van der Waals surface area contributed by atoms with E-state index in [0.717, 1.165) is 16.7 Å². The van der Waals surface area contributed by atoms with Gasteiger partial charge in [-0.3, -0.25) is 9.59 Å². The topological polar surface area (TPSA) is 82.1 Å². The highest BCUT2D eigenvalue weighted by molar-refractivity contribution is 6.17. The lowest BCUT2D eigenvalue weighted by atomic mass is 9.96. The van der Waals surface area contributed by atoms with Crippen LogP contribution in [0.2, 0.25) is 0 Å². The molecule has 32 heavy (non-hydrogen) atoms. The number of alkyl halides is 1. The van der Waals surface area contributed by atoms with Gasteiger partial charge in [0.2, 0.25) is 0 Å². The molecule has 174 valence electrons. The SMILES string of the molecule is COC(=O)CCCc1ccc(O)c(-c2cc(CCCC(=O)OC)ccc2OCCCCl)c1. The number of aryl methyl sites for hydroxylation is 2. The maximum absolute atomic E-state index is 11.4. The first-order valence-electron chi connectivity index (χ1n) is 10.8. The van der Waals surface area contributed by atoms with E-state index >= 15 is 0 Å². The van der Waals surface area contributed by atoms with E-state index in [2.05, 4.69) is 0 Å². The second-order valence-electron chi connectivity index (χ2n) is 7.43. The second-order valence-corrected chi connectivity index (χ2v) is 7.81. The highest BCUT2D eigenvalue weighted by atomic mass is 35.5. The first kappa shape index (κ1) is 25.5. The summed E-state index contributed by atoms with van der Waals surface area (Å²) in [6, 6.07) is 11.3. The number of halogens is 1. The lowest BCUT2D eigenvalue weighted by molar-refractivity contribution is -0.141. The number of rotatable bonds is 13. The molecule has 0 saturated heterocycles. The third-order valence-corrected chi connectivity index (χ3v) is 5.35. The quantitative estimate of drug-likeness (QED) is 0.254. The number of esters is 2. The van der Waals surface area contributed by atoms with Crippen LogP contribution >= 0.6 is 11.6 Å². The molecule has 0 atom stereocenters. The Morgan fingerprint density at radius 3 is 1.97 bits per heavy atom. The maximum atomic E-state index is 11.4. The van der Waals surface area contributed by atoms with Crippen molar-refractivity contribution in [2.45, 2.75) is 44.9 Å². The van der Waals surface area contributed by atoms with E-state index in [-0.39, 0.29) is 17.7 Å². The van der Waals surface area contributed by atoms with E-state index in [1.165, 1.54) is 14.2 Å². The normalized spacial score (nSPS) is 10.6. The Bertz CT molecular complexity index is 896. The first-order valence-corrected chi connectivity index (χ1v) is 11.3. The number of ether oxygens (including phenoxy) is 3. The van der Waals surface area contributed by atoms with E-state index in [9.17, 15) is 14.7 Å². The summed E-state index contributed by atoms with van der Waals surface area (Å²) in [6.07, 6.45) is 4.10. The van der Waals surface area contributed by atoms with Crippen molar-refractivity contribution in [3.05, 3.63) is 47.5 Å². The van der Waals surface area contributed by atoms with Gasteiger partial charge in [-0.15, -0.1) is 11.6 Å². The van der Waals surface area contributed by atoms with Gasteiger partial charge in [-0.05, 0) is 67.5 Å². The highest BCUT2D eigenvalue weighted by Crippen LogP contribution is 2.38. The Labute approximate surface area is 194 Å². The number of benzene rings is 2. The molecule has 0 unspecified atom stereocenters. The van der Waals surface area contributed by atoms with Gasteiger partial charge in [-0.2, -0.15) is 0 Å². The van der Waals surface area contributed by atoms with Crippen molar-refractivity contribution in [2.24, 2.45) is 0 Å². The third-order valence-electron chi connectivity index (χ3n) is 5.08. The minimum atomic E-state index is -0.237. The monoisotopic (exact) mass is 462 g/mol. The standard InChI is InChI=1S/C25H31ClO6/c1-30-24(28)8-3-6-18-10-12-22(27)20(16-18)21-17-19(7-4-9-25(29)31-2)11-13-23(21)32-15-5-14-26/h10-13,16-17,27H,3-9,14-15H2,1-2H3. The second kappa shape index (κ2) is 13.6. The molecule has 2 aromatic carbocycles. The third kappa shape index (κ3) is 8.08. The minimum absolute atomic E-state index is 0.149. The van der Waals surface area contributed by atoms with E-state index in [1.807, 2.05) is 30.3 Å². The smallest absolute Gasteiger partial charge is 0.305 e. The van der Waals surface area contributed by atoms with Crippen molar-refractivity contribution in [3.63, 3.8) is 0 Å². The molecule has 0 fully saturated rings. The zero-order valence-corrected chi connectivity index (χ0v) is 19.5. The Kier molecular flexibility index (Phi) is 10.9. The fraction of sp³-hybridized carbons (Fsp3) is 0.440. The number of carbonyl (C=O) groups excluding carboxylic acids is 2. The van der Waals surface area contributed by atoms with Gasteiger partial charge in [0.05, 0.1) is 20.8 Å². The van der Waals surface area contributed by atoms with Gasteiger partial charge in [-0.25, -0.2) is 0 Å². The van der Waals surface area contributed by atoms with Crippen LogP contribution in [0.1, 0.15) is 43.2 Å². The molecule has 0 heterocycles. The largest absolute Gasteiger partial charge is 0.507 e. The average molecular weight is 463 g/mol.